The number of amides is 1. The Bertz CT molecular complexity index is 285. The van der Waals surface area contributed by atoms with Crippen LogP contribution in [0.5, 0.6) is 0 Å². The molecule has 0 aromatic carbocycles. The van der Waals surface area contributed by atoms with E-state index in [4.69, 9.17) is 0 Å². The van der Waals surface area contributed by atoms with Gasteiger partial charge < -0.3 is 10.2 Å². The average molecular weight is 226 g/mol. The molecular weight excluding hydrogens is 208 g/mol. The normalized spacial score (nSPS) is 10.3. The largest absolute Gasteiger partial charge is 0.344 e. The number of hydrogen-bond donors (Lipinski definition) is 1. The second kappa shape index (κ2) is 6.58. The van der Waals surface area contributed by atoms with E-state index in [1.807, 2.05) is 19.5 Å². The smallest absolute Gasteiger partial charge is 0.222 e. The lowest BCUT2D eigenvalue weighted by Crippen LogP contribution is -2.32. The summed E-state index contributed by atoms with van der Waals surface area (Å²) in [5.41, 5.74) is 1.26. The molecule has 0 radical (unpaired) electrons. The lowest BCUT2D eigenvalue weighted by molar-refractivity contribution is -0.129. The Kier molecular flexibility index (Phi) is 5.36. The molecule has 1 aromatic heterocycles. The molecule has 4 heteroatoms. The number of aryl methyl sites for hydroxylation is 1. The standard InChI is InChI=1S/C11H18N2OS/c1-12-6-7-13(2)11(14)4-3-10-5-8-15-9-10/h5,8-9,12H,3-4,6-7H2,1-2H3. The number of carbonyl (C=O) groups excluding carboxylic acids is 1. The lowest BCUT2D eigenvalue weighted by atomic mass is 10.2. The molecule has 15 heavy (non-hydrogen) atoms. The summed E-state index contributed by atoms with van der Waals surface area (Å²) in [4.78, 5) is 13.4. The molecule has 1 N–H and O–H groups in total. The molecule has 0 aliphatic carbocycles. The second-order valence-corrected chi connectivity index (χ2v) is 4.33. The van der Waals surface area contributed by atoms with Crippen molar-refractivity contribution in [2.75, 3.05) is 27.2 Å². The fraction of sp³-hybridized carbons (Fsp3) is 0.545. The Morgan fingerprint density at radius 1 is 1.60 bits per heavy atom. The molecule has 1 amide bonds. The summed E-state index contributed by atoms with van der Waals surface area (Å²) in [7, 11) is 3.75. The first-order valence-corrected chi connectivity index (χ1v) is 6.08. The molecule has 0 saturated carbocycles. The quantitative estimate of drug-likeness (QED) is 0.794. The van der Waals surface area contributed by atoms with Gasteiger partial charge in [-0.25, -0.2) is 0 Å². The van der Waals surface area contributed by atoms with Gasteiger partial charge in [-0.3, -0.25) is 4.79 Å². The summed E-state index contributed by atoms with van der Waals surface area (Å²) in [6, 6.07) is 2.07. The van der Waals surface area contributed by atoms with Gasteiger partial charge >= 0.3 is 0 Å². The number of rotatable bonds is 6. The molecule has 1 rings (SSSR count). The maximum absolute atomic E-state index is 11.6. The summed E-state index contributed by atoms with van der Waals surface area (Å²) in [6.07, 6.45) is 1.46. The van der Waals surface area contributed by atoms with E-state index in [9.17, 15) is 4.79 Å². The Hall–Kier alpha value is -0.870. The molecule has 0 aliphatic rings. The van der Waals surface area contributed by atoms with Crippen molar-refractivity contribution in [3.05, 3.63) is 22.4 Å². The highest BCUT2D eigenvalue weighted by molar-refractivity contribution is 7.07. The van der Waals surface area contributed by atoms with Gasteiger partial charge in [-0.2, -0.15) is 11.3 Å². The van der Waals surface area contributed by atoms with Gasteiger partial charge in [0.1, 0.15) is 0 Å². The van der Waals surface area contributed by atoms with Crippen LogP contribution in [0.25, 0.3) is 0 Å². The third-order valence-corrected chi connectivity index (χ3v) is 3.06. The molecule has 1 heterocycles. The molecule has 0 bridgehead atoms. The molecule has 3 nitrogen and oxygen atoms in total. The third kappa shape index (κ3) is 4.44. The number of hydrogen-bond acceptors (Lipinski definition) is 3. The highest BCUT2D eigenvalue weighted by atomic mass is 32.1. The Labute approximate surface area is 95.1 Å². The Morgan fingerprint density at radius 3 is 3.00 bits per heavy atom. The molecule has 0 aliphatic heterocycles. The first kappa shape index (κ1) is 12.2. The van der Waals surface area contributed by atoms with Crippen LogP contribution in [0.2, 0.25) is 0 Å². The van der Waals surface area contributed by atoms with Crippen molar-refractivity contribution in [3.8, 4) is 0 Å². The van der Waals surface area contributed by atoms with Crippen LogP contribution in [0, 0.1) is 0 Å². The van der Waals surface area contributed by atoms with Gasteiger partial charge in [0, 0.05) is 26.6 Å². The third-order valence-electron chi connectivity index (χ3n) is 2.33. The molecule has 84 valence electrons. The molecule has 0 atom stereocenters. The lowest BCUT2D eigenvalue weighted by Gasteiger charge is -2.16. The van der Waals surface area contributed by atoms with Gasteiger partial charge in [0.25, 0.3) is 0 Å². The average Bonchev–Trinajstić information content (AvgIpc) is 2.75. The van der Waals surface area contributed by atoms with Crippen LogP contribution in [0.4, 0.5) is 0 Å². The molecule has 0 saturated heterocycles. The summed E-state index contributed by atoms with van der Waals surface area (Å²) in [5, 5.41) is 7.18. The van der Waals surface area contributed by atoms with Crippen LogP contribution in [0.3, 0.4) is 0 Å². The van der Waals surface area contributed by atoms with E-state index in [-0.39, 0.29) is 5.91 Å². The molecule has 0 unspecified atom stereocenters. The van der Waals surface area contributed by atoms with Gasteiger partial charge in [-0.1, -0.05) is 0 Å². The minimum atomic E-state index is 0.219. The molecule has 1 aromatic rings. The van der Waals surface area contributed by atoms with Crippen molar-refractivity contribution < 1.29 is 4.79 Å². The van der Waals surface area contributed by atoms with Crippen LogP contribution in [-0.2, 0) is 11.2 Å². The number of nitrogens with one attached hydrogen (secondary N) is 1. The second-order valence-electron chi connectivity index (χ2n) is 3.55. The summed E-state index contributed by atoms with van der Waals surface area (Å²) >= 11 is 1.68. The van der Waals surface area contributed by atoms with E-state index in [1.165, 1.54) is 5.56 Å². The highest BCUT2D eigenvalue weighted by Gasteiger charge is 2.07. The monoisotopic (exact) mass is 226 g/mol. The fourth-order valence-electron chi connectivity index (χ4n) is 1.28. The number of thiophene rings is 1. The van der Waals surface area contributed by atoms with Crippen LogP contribution in [0.1, 0.15) is 12.0 Å². The van der Waals surface area contributed by atoms with Crippen molar-refractivity contribution in [2.24, 2.45) is 0 Å². The topological polar surface area (TPSA) is 32.3 Å². The van der Waals surface area contributed by atoms with E-state index in [1.54, 1.807) is 16.2 Å². The zero-order chi connectivity index (χ0) is 11.1. The van der Waals surface area contributed by atoms with Crippen molar-refractivity contribution in [3.63, 3.8) is 0 Å². The first-order valence-electron chi connectivity index (χ1n) is 5.13. The summed E-state index contributed by atoms with van der Waals surface area (Å²) in [5.74, 6) is 0.219. The maximum Gasteiger partial charge on any atom is 0.222 e. The van der Waals surface area contributed by atoms with Crippen LogP contribution in [0.15, 0.2) is 16.8 Å². The number of likely N-dealkylation sites (N-methyl/N-ethyl adjacent to an activating group) is 2. The molecular formula is C11H18N2OS. The Balaban J connectivity index is 2.23. The summed E-state index contributed by atoms with van der Waals surface area (Å²) < 4.78 is 0. The van der Waals surface area contributed by atoms with E-state index in [0.717, 1.165) is 19.5 Å². The predicted molar refractivity (Wildman–Crippen MR) is 64.2 cm³/mol. The van der Waals surface area contributed by atoms with Crippen molar-refractivity contribution in [2.45, 2.75) is 12.8 Å². The van der Waals surface area contributed by atoms with Crippen molar-refractivity contribution in [1.82, 2.24) is 10.2 Å². The van der Waals surface area contributed by atoms with E-state index in [2.05, 4.69) is 16.8 Å². The zero-order valence-corrected chi connectivity index (χ0v) is 10.1. The minimum absolute atomic E-state index is 0.219. The van der Waals surface area contributed by atoms with Crippen LogP contribution < -0.4 is 5.32 Å². The van der Waals surface area contributed by atoms with E-state index < -0.39 is 0 Å². The molecule has 0 spiro atoms. The van der Waals surface area contributed by atoms with Gasteiger partial charge in [0.2, 0.25) is 5.91 Å². The molecule has 0 fully saturated rings. The van der Waals surface area contributed by atoms with E-state index in [0.29, 0.717) is 6.42 Å². The zero-order valence-electron chi connectivity index (χ0n) is 9.32. The van der Waals surface area contributed by atoms with E-state index >= 15 is 0 Å². The fourth-order valence-corrected chi connectivity index (χ4v) is 1.98. The van der Waals surface area contributed by atoms with Crippen LogP contribution >= 0.6 is 11.3 Å². The highest BCUT2D eigenvalue weighted by Crippen LogP contribution is 2.08. The van der Waals surface area contributed by atoms with Gasteiger partial charge in [-0.05, 0) is 35.9 Å². The number of carbonyl (C=O) groups is 1. The summed E-state index contributed by atoms with van der Waals surface area (Å²) in [6.45, 7) is 1.62. The van der Waals surface area contributed by atoms with Gasteiger partial charge in [0.15, 0.2) is 0 Å². The minimum Gasteiger partial charge on any atom is -0.344 e. The number of nitrogens with zero attached hydrogens (tertiary/aromatic N) is 1. The SMILES string of the molecule is CNCCN(C)C(=O)CCc1ccsc1. The van der Waals surface area contributed by atoms with Gasteiger partial charge in [-0.15, -0.1) is 0 Å². The Morgan fingerprint density at radius 2 is 2.40 bits per heavy atom. The van der Waals surface area contributed by atoms with Crippen molar-refractivity contribution in [1.29, 1.82) is 0 Å². The van der Waals surface area contributed by atoms with Crippen molar-refractivity contribution >= 4 is 17.2 Å². The maximum atomic E-state index is 11.6. The van der Waals surface area contributed by atoms with Gasteiger partial charge in [0.05, 0.1) is 0 Å². The van der Waals surface area contributed by atoms with Crippen LogP contribution in [-0.4, -0.2) is 38.0 Å². The first-order chi connectivity index (χ1) is 7.24. The predicted octanol–water partition coefficient (Wildman–Crippen LogP) is 1.36.